The van der Waals surface area contributed by atoms with Gasteiger partial charge in [0.15, 0.2) is 0 Å². The summed E-state index contributed by atoms with van der Waals surface area (Å²) in [5.74, 6) is 0. The first-order valence-electron chi connectivity index (χ1n) is 13.4. The molecule has 0 saturated heterocycles. The molecule has 0 radical (unpaired) electrons. The van der Waals surface area contributed by atoms with Crippen LogP contribution in [0.3, 0.4) is 0 Å². The van der Waals surface area contributed by atoms with Crippen LogP contribution in [0.1, 0.15) is 97.8 Å². The van der Waals surface area contributed by atoms with Crippen molar-refractivity contribution in [2.45, 2.75) is 94.4 Å². The Kier molecular flexibility index (Phi) is 33.0. The normalized spacial score (nSPS) is 9.82. The molecule has 210 valence electrons. The number of aliphatic imine (C=N–C) groups is 1. The topological polar surface area (TPSA) is 12.4 Å². The summed E-state index contributed by atoms with van der Waals surface area (Å²) in [6.07, 6.45) is 13.0. The summed E-state index contributed by atoms with van der Waals surface area (Å²) in [4.78, 5) is 4.61. The van der Waals surface area contributed by atoms with Crippen molar-refractivity contribution in [1.82, 2.24) is 0 Å². The quantitative estimate of drug-likeness (QED) is 0.108. The fourth-order valence-electron chi connectivity index (χ4n) is 3.02. The number of hydrogen-bond donors (Lipinski definition) is 0. The predicted molar refractivity (Wildman–Crippen MR) is 172 cm³/mol. The van der Waals surface area contributed by atoms with E-state index < -0.39 is 0 Å². The van der Waals surface area contributed by atoms with E-state index in [0.717, 1.165) is 29.8 Å². The van der Waals surface area contributed by atoms with Gasteiger partial charge in [0.2, 0.25) is 0 Å². The molecule has 0 N–H and O–H groups in total. The van der Waals surface area contributed by atoms with Crippen molar-refractivity contribution in [3.05, 3.63) is 127 Å². The molecule has 0 atom stereocenters. The molecule has 2 aromatic carbocycles. The smallest absolute Gasteiger partial charge is 0.358 e. The van der Waals surface area contributed by atoms with E-state index in [9.17, 15) is 0 Å². The maximum atomic E-state index is 4.61. The van der Waals surface area contributed by atoms with Crippen LogP contribution in [0, 0.1) is 20.4 Å². The third-order valence-electron chi connectivity index (χ3n) is 4.84. The first kappa shape index (κ1) is 42.8. The largest absolute Gasteiger partial charge is 2.00 e. The minimum Gasteiger partial charge on any atom is -0.358 e. The number of hydrogen-bond acceptors (Lipinski definition) is 1. The molecular weight excluding hydrogens is 630 g/mol. The minimum absolute atomic E-state index is 0. The summed E-state index contributed by atoms with van der Waals surface area (Å²) in [5, 5.41) is 0. The second-order valence-corrected chi connectivity index (χ2v) is 8.76. The molecule has 2 heteroatoms. The summed E-state index contributed by atoms with van der Waals surface area (Å²) in [6, 6.07) is 18.8. The van der Waals surface area contributed by atoms with Gasteiger partial charge in [-0.2, -0.15) is 0 Å². The Balaban J connectivity index is -0.000000248. The summed E-state index contributed by atoms with van der Waals surface area (Å²) >= 11 is 0. The van der Waals surface area contributed by atoms with Crippen LogP contribution in [0.15, 0.2) is 102 Å². The molecule has 0 bridgehead atoms. The van der Waals surface area contributed by atoms with E-state index in [0.29, 0.717) is 0 Å². The van der Waals surface area contributed by atoms with E-state index in [1.807, 2.05) is 39.0 Å². The second-order valence-electron chi connectivity index (χ2n) is 8.76. The van der Waals surface area contributed by atoms with Gasteiger partial charge < -0.3 is 7.43 Å². The van der Waals surface area contributed by atoms with E-state index >= 15 is 0 Å². The monoisotopic (exact) mass is 685 g/mol. The van der Waals surface area contributed by atoms with Crippen molar-refractivity contribution in [3.8, 4) is 0 Å². The summed E-state index contributed by atoms with van der Waals surface area (Å²) < 4.78 is 0. The molecule has 0 unspecified atom stereocenters. The van der Waals surface area contributed by atoms with Gasteiger partial charge >= 0.3 is 21.1 Å². The van der Waals surface area contributed by atoms with Crippen LogP contribution >= 0.6 is 0 Å². The van der Waals surface area contributed by atoms with Crippen molar-refractivity contribution in [2.24, 2.45) is 4.99 Å². The van der Waals surface area contributed by atoms with Crippen molar-refractivity contribution >= 4 is 5.71 Å². The minimum atomic E-state index is 0. The van der Waals surface area contributed by atoms with Gasteiger partial charge in [0, 0.05) is 5.56 Å². The molecule has 0 aliphatic carbocycles. The van der Waals surface area contributed by atoms with Gasteiger partial charge in [0.1, 0.15) is 0 Å². The van der Waals surface area contributed by atoms with Crippen molar-refractivity contribution in [3.63, 3.8) is 0 Å². The van der Waals surface area contributed by atoms with Crippen LogP contribution in [0.25, 0.3) is 0 Å². The third-order valence-corrected chi connectivity index (χ3v) is 4.84. The molecule has 0 fully saturated rings. The van der Waals surface area contributed by atoms with Crippen LogP contribution in [0.4, 0.5) is 0 Å². The summed E-state index contributed by atoms with van der Waals surface area (Å²) in [7, 11) is 0. The van der Waals surface area contributed by atoms with Gasteiger partial charge in [-0.1, -0.05) is 118 Å². The zero-order chi connectivity index (χ0) is 27.8. The fraction of sp³-hybridized carbons (Fsp3) is 0.389. The average molecular weight is 686 g/mol. The maximum absolute atomic E-state index is 4.61. The summed E-state index contributed by atoms with van der Waals surface area (Å²) in [6.45, 7) is 26.2. The van der Waals surface area contributed by atoms with Crippen molar-refractivity contribution in [1.29, 1.82) is 0 Å². The van der Waals surface area contributed by atoms with Crippen LogP contribution in [-0.2, 0) is 27.5 Å². The first-order valence-corrected chi connectivity index (χ1v) is 13.4. The van der Waals surface area contributed by atoms with E-state index in [4.69, 9.17) is 0 Å². The van der Waals surface area contributed by atoms with Crippen LogP contribution in [0.5, 0.6) is 0 Å². The number of benzene rings is 2. The van der Waals surface area contributed by atoms with Gasteiger partial charge in [0.05, 0.1) is 5.71 Å². The van der Waals surface area contributed by atoms with Crippen LogP contribution < -0.4 is 0 Å². The second kappa shape index (κ2) is 29.3. The zero-order valence-electron chi connectivity index (χ0n) is 26.2. The Morgan fingerprint density at radius 2 is 1.42 bits per heavy atom. The number of allylic oxidation sites excluding steroid dienone is 6. The first-order chi connectivity index (χ1) is 17.2. The Labute approximate surface area is 252 Å². The molecule has 0 aliphatic rings. The number of rotatable bonds is 9. The third kappa shape index (κ3) is 24.1. The van der Waals surface area contributed by atoms with Gasteiger partial charge in [-0.25, -0.2) is 18.7 Å². The van der Waals surface area contributed by atoms with E-state index in [2.05, 4.69) is 108 Å². The molecule has 0 aromatic heterocycles. The van der Waals surface area contributed by atoms with E-state index in [1.165, 1.54) is 41.5 Å². The predicted octanol–water partition coefficient (Wildman–Crippen LogP) is 11.5. The van der Waals surface area contributed by atoms with Gasteiger partial charge in [-0.05, 0) is 64.7 Å². The van der Waals surface area contributed by atoms with Gasteiger partial charge in [-0.3, -0.25) is 4.99 Å². The summed E-state index contributed by atoms with van der Waals surface area (Å²) in [5.41, 5.74) is 8.07. The van der Waals surface area contributed by atoms with Crippen LogP contribution in [-0.4, -0.2) is 5.71 Å². The Bertz CT molecular complexity index is 927. The van der Waals surface area contributed by atoms with Crippen LogP contribution in [0.2, 0.25) is 0 Å². The van der Waals surface area contributed by atoms with Crippen molar-refractivity contribution < 1.29 is 21.1 Å². The SMILES string of the molecule is C=C(C)CCc1ccccc1.C=C[C-]=C(C)N=C(C=C(C)C)c1ccccc1C.CC.CCCCC.[CH3-].[W+2]. The molecule has 1 nitrogen and oxygen atoms in total. The van der Waals surface area contributed by atoms with Gasteiger partial charge in [-0.15, -0.1) is 6.58 Å². The zero-order valence-corrected chi connectivity index (χ0v) is 29.1. The molecule has 0 saturated carbocycles. The molecule has 0 aliphatic heterocycles. The number of unbranched alkanes of at least 4 members (excludes halogenated alkanes) is 2. The standard InChI is InChI=1S/C17H20N.C11H14.C5H12.C2H6.CH3.W/c1-6-9-15(5)18-17(12-13(2)3)16-11-8-7-10-14(16)4;1-10(2)8-9-11-6-4-3-5-7-11;1-3-5-4-2;1-2;;/h6-8,10-12H,1H2,2-5H3;3-7H,1,8-9H2,2H3;3-5H2,1-2H3;1-2H3;1H3;/q-1;;;;-1;+2. The maximum Gasteiger partial charge on any atom is 2.00 e. The van der Waals surface area contributed by atoms with E-state index in [1.54, 1.807) is 6.08 Å². The Hall–Kier alpha value is -2.24. The van der Waals surface area contributed by atoms with Crippen molar-refractivity contribution in [2.75, 3.05) is 0 Å². The Morgan fingerprint density at radius 3 is 1.84 bits per heavy atom. The average Bonchev–Trinajstić information content (AvgIpc) is 2.86. The molecule has 0 amide bonds. The molecule has 2 aromatic rings. The number of aryl methyl sites for hydroxylation is 2. The number of nitrogens with zero attached hydrogens (tertiary/aromatic N) is 1. The fourth-order valence-corrected chi connectivity index (χ4v) is 3.02. The van der Waals surface area contributed by atoms with E-state index in [-0.39, 0.29) is 28.5 Å². The molecule has 2 rings (SSSR count). The molecule has 0 heterocycles. The molecule has 0 spiro atoms. The van der Waals surface area contributed by atoms with Gasteiger partial charge in [0.25, 0.3) is 0 Å². The molecular formula is C36H55NW. The Morgan fingerprint density at radius 1 is 0.895 bits per heavy atom. The molecule has 38 heavy (non-hydrogen) atoms.